The quantitative estimate of drug-likeness (QED) is 0.754. The molecular formula is C16H27ClN2O. The van der Waals surface area contributed by atoms with Crippen LogP contribution in [-0.2, 0) is 6.54 Å². The maximum atomic E-state index is 9.96. The molecule has 1 aromatic rings. The predicted octanol–water partition coefficient (Wildman–Crippen LogP) is 3.60. The Bertz CT molecular complexity index is 394. The molecule has 20 heavy (non-hydrogen) atoms. The summed E-state index contributed by atoms with van der Waals surface area (Å²) in [7, 11) is 0. The molecule has 4 heteroatoms. The average molecular weight is 299 g/mol. The maximum Gasteiger partial charge on any atom is 0.138 e. The van der Waals surface area contributed by atoms with Crippen molar-refractivity contribution in [3.05, 3.63) is 28.8 Å². The first-order valence-corrected chi connectivity index (χ1v) is 7.91. The van der Waals surface area contributed by atoms with Crippen LogP contribution in [0.25, 0.3) is 0 Å². The summed E-state index contributed by atoms with van der Waals surface area (Å²) < 4.78 is 0. The minimum Gasteiger partial charge on any atom is -0.506 e. The largest absolute Gasteiger partial charge is 0.506 e. The third-order valence-corrected chi connectivity index (χ3v) is 4.06. The number of hydrogen-bond donors (Lipinski definition) is 1. The van der Waals surface area contributed by atoms with E-state index in [2.05, 4.69) is 30.6 Å². The number of phenols is 1. The van der Waals surface area contributed by atoms with Gasteiger partial charge in [0.25, 0.3) is 0 Å². The Balaban J connectivity index is 2.49. The van der Waals surface area contributed by atoms with Crippen LogP contribution in [0.15, 0.2) is 18.2 Å². The lowest BCUT2D eigenvalue weighted by Crippen LogP contribution is -2.29. The predicted molar refractivity (Wildman–Crippen MR) is 86.5 cm³/mol. The lowest BCUT2D eigenvalue weighted by Gasteiger charge is -2.23. The third-order valence-electron chi connectivity index (χ3n) is 3.75. The van der Waals surface area contributed by atoms with Crippen LogP contribution < -0.4 is 0 Å². The van der Waals surface area contributed by atoms with Gasteiger partial charge < -0.3 is 10.0 Å². The van der Waals surface area contributed by atoms with Crippen LogP contribution in [-0.4, -0.2) is 47.6 Å². The van der Waals surface area contributed by atoms with Crippen molar-refractivity contribution in [2.75, 3.05) is 32.7 Å². The highest BCUT2D eigenvalue weighted by molar-refractivity contribution is 6.32. The van der Waals surface area contributed by atoms with Gasteiger partial charge in [0.1, 0.15) is 5.75 Å². The molecule has 0 atom stereocenters. The minimum atomic E-state index is 0.219. The van der Waals surface area contributed by atoms with Crippen molar-refractivity contribution in [1.82, 2.24) is 9.80 Å². The van der Waals surface area contributed by atoms with E-state index in [1.165, 1.54) is 0 Å². The molecule has 0 radical (unpaired) electrons. The first-order chi connectivity index (χ1) is 9.62. The summed E-state index contributed by atoms with van der Waals surface area (Å²) >= 11 is 5.95. The van der Waals surface area contributed by atoms with Gasteiger partial charge in [-0.05, 0) is 45.2 Å². The van der Waals surface area contributed by atoms with Crippen LogP contribution in [0.5, 0.6) is 5.75 Å². The van der Waals surface area contributed by atoms with Crippen molar-refractivity contribution in [3.8, 4) is 5.75 Å². The Morgan fingerprint density at radius 2 is 1.60 bits per heavy atom. The summed E-state index contributed by atoms with van der Waals surface area (Å²) in [5, 5.41) is 10.4. The van der Waals surface area contributed by atoms with Gasteiger partial charge >= 0.3 is 0 Å². The second-order valence-corrected chi connectivity index (χ2v) is 5.40. The lowest BCUT2D eigenvalue weighted by atomic mass is 10.2. The van der Waals surface area contributed by atoms with Gasteiger partial charge in [-0.1, -0.05) is 44.5 Å². The molecule has 0 aliphatic carbocycles. The number of aromatic hydroxyl groups is 1. The number of rotatable bonds is 9. The topological polar surface area (TPSA) is 26.7 Å². The number of nitrogens with zero attached hydrogens (tertiary/aromatic N) is 2. The molecule has 0 saturated carbocycles. The summed E-state index contributed by atoms with van der Waals surface area (Å²) in [4.78, 5) is 4.78. The van der Waals surface area contributed by atoms with Crippen LogP contribution in [0.3, 0.4) is 0 Å². The second kappa shape index (κ2) is 9.22. The van der Waals surface area contributed by atoms with Crippen molar-refractivity contribution in [3.63, 3.8) is 0 Å². The van der Waals surface area contributed by atoms with Crippen molar-refractivity contribution in [1.29, 1.82) is 0 Å². The van der Waals surface area contributed by atoms with E-state index in [1.54, 1.807) is 6.07 Å². The van der Waals surface area contributed by atoms with Crippen molar-refractivity contribution < 1.29 is 5.11 Å². The Kier molecular flexibility index (Phi) is 7.97. The SMILES string of the molecule is CCN(CC)CCCN(CC)Cc1cccc(Cl)c1O. The molecule has 0 unspecified atom stereocenters. The van der Waals surface area contributed by atoms with E-state index >= 15 is 0 Å². The van der Waals surface area contributed by atoms with Crippen LogP contribution >= 0.6 is 11.6 Å². The van der Waals surface area contributed by atoms with Gasteiger partial charge in [0.05, 0.1) is 5.02 Å². The fourth-order valence-electron chi connectivity index (χ4n) is 2.34. The van der Waals surface area contributed by atoms with Crippen LogP contribution in [0.2, 0.25) is 5.02 Å². The van der Waals surface area contributed by atoms with E-state index < -0.39 is 0 Å². The Morgan fingerprint density at radius 1 is 1.00 bits per heavy atom. The van der Waals surface area contributed by atoms with E-state index in [-0.39, 0.29) is 5.75 Å². The molecule has 0 bridgehead atoms. The highest BCUT2D eigenvalue weighted by Crippen LogP contribution is 2.27. The average Bonchev–Trinajstić information content (AvgIpc) is 2.46. The highest BCUT2D eigenvalue weighted by atomic mass is 35.5. The molecule has 1 aromatic carbocycles. The molecule has 0 aliphatic rings. The Labute approximate surface area is 128 Å². The maximum absolute atomic E-state index is 9.96. The summed E-state index contributed by atoms with van der Waals surface area (Å²) in [6, 6.07) is 5.55. The molecule has 0 heterocycles. The zero-order chi connectivity index (χ0) is 15.0. The lowest BCUT2D eigenvalue weighted by molar-refractivity contribution is 0.236. The van der Waals surface area contributed by atoms with Gasteiger partial charge in [-0.3, -0.25) is 4.90 Å². The molecule has 0 amide bonds. The minimum absolute atomic E-state index is 0.219. The molecular weight excluding hydrogens is 272 g/mol. The molecule has 1 rings (SSSR count). The van der Waals surface area contributed by atoms with Gasteiger partial charge in [0, 0.05) is 12.1 Å². The van der Waals surface area contributed by atoms with Gasteiger partial charge in [-0.25, -0.2) is 0 Å². The molecule has 0 saturated heterocycles. The van der Waals surface area contributed by atoms with E-state index in [4.69, 9.17) is 11.6 Å². The van der Waals surface area contributed by atoms with E-state index in [0.717, 1.165) is 51.3 Å². The number of hydrogen-bond acceptors (Lipinski definition) is 3. The number of benzene rings is 1. The molecule has 1 N–H and O–H groups in total. The van der Waals surface area contributed by atoms with Crippen molar-refractivity contribution in [2.24, 2.45) is 0 Å². The van der Waals surface area contributed by atoms with E-state index in [0.29, 0.717) is 5.02 Å². The molecule has 3 nitrogen and oxygen atoms in total. The van der Waals surface area contributed by atoms with E-state index in [1.807, 2.05) is 12.1 Å². The summed E-state index contributed by atoms with van der Waals surface area (Å²) in [5.41, 5.74) is 0.905. The van der Waals surface area contributed by atoms with E-state index in [9.17, 15) is 5.11 Å². The molecule has 0 aliphatic heterocycles. The zero-order valence-electron chi connectivity index (χ0n) is 12.9. The standard InChI is InChI=1S/C16H27ClN2O/c1-4-18(5-2)11-8-12-19(6-3)13-14-9-7-10-15(17)16(14)20/h7,9-10,20H,4-6,8,11-13H2,1-3H3. The fraction of sp³-hybridized carbons (Fsp3) is 0.625. The Morgan fingerprint density at radius 3 is 2.20 bits per heavy atom. The number of phenolic OH excluding ortho intramolecular Hbond substituents is 1. The summed E-state index contributed by atoms with van der Waals surface area (Å²) in [5.74, 6) is 0.219. The molecule has 114 valence electrons. The monoisotopic (exact) mass is 298 g/mol. The van der Waals surface area contributed by atoms with Crippen molar-refractivity contribution in [2.45, 2.75) is 33.7 Å². The van der Waals surface area contributed by atoms with Gasteiger partial charge in [0.2, 0.25) is 0 Å². The van der Waals surface area contributed by atoms with Gasteiger partial charge in [-0.2, -0.15) is 0 Å². The third kappa shape index (κ3) is 5.31. The number of halogens is 1. The van der Waals surface area contributed by atoms with Crippen LogP contribution in [0.1, 0.15) is 32.8 Å². The second-order valence-electron chi connectivity index (χ2n) is 5.00. The summed E-state index contributed by atoms with van der Waals surface area (Å²) in [6.07, 6.45) is 1.15. The Hall–Kier alpha value is -0.770. The van der Waals surface area contributed by atoms with Gasteiger partial charge in [-0.15, -0.1) is 0 Å². The van der Waals surface area contributed by atoms with Gasteiger partial charge in [0.15, 0.2) is 0 Å². The first-order valence-electron chi connectivity index (χ1n) is 7.53. The fourth-order valence-corrected chi connectivity index (χ4v) is 2.53. The molecule has 0 aromatic heterocycles. The highest BCUT2D eigenvalue weighted by Gasteiger charge is 2.10. The normalized spacial score (nSPS) is 11.5. The zero-order valence-corrected chi connectivity index (χ0v) is 13.7. The van der Waals surface area contributed by atoms with Crippen LogP contribution in [0.4, 0.5) is 0 Å². The molecule has 0 spiro atoms. The smallest absolute Gasteiger partial charge is 0.138 e. The van der Waals surface area contributed by atoms with Crippen molar-refractivity contribution >= 4 is 11.6 Å². The summed E-state index contributed by atoms with van der Waals surface area (Å²) in [6.45, 7) is 12.7. The van der Waals surface area contributed by atoms with Crippen LogP contribution in [0, 0.1) is 0 Å². The first kappa shape index (κ1) is 17.3. The molecule has 0 fully saturated rings. The number of para-hydroxylation sites is 1.